The lowest BCUT2D eigenvalue weighted by Crippen LogP contribution is -2.48. The van der Waals surface area contributed by atoms with Gasteiger partial charge in [-0.2, -0.15) is 0 Å². The van der Waals surface area contributed by atoms with Crippen molar-refractivity contribution in [1.82, 2.24) is 9.80 Å². The van der Waals surface area contributed by atoms with E-state index >= 15 is 0 Å². The van der Waals surface area contributed by atoms with Gasteiger partial charge in [0.2, 0.25) is 0 Å². The van der Waals surface area contributed by atoms with E-state index in [1.165, 1.54) is 16.0 Å². The zero-order valence-electron chi connectivity index (χ0n) is 21.4. The Morgan fingerprint density at radius 3 is 2.32 bits per heavy atom. The highest BCUT2D eigenvalue weighted by molar-refractivity contribution is 6.35. The fourth-order valence-electron chi connectivity index (χ4n) is 6.00. The summed E-state index contributed by atoms with van der Waals surface area (Å²) in [5.74, 6) is -0.778. The van der Waals surface area contributed by atoms with Crippen LogP contribution in [0.3, 0.4) is 0 Å². The lowest BCUT2D eigenvalue weighted by atomic mass is 9.95. The Hall–Kier alpha value is -3.77. The molecule has 6 rings (SSSR count). The van der Waals surface area contributed by atoms with Gasteiger partial charge in [0.25, 0.3) is 17.7 Å². The number of amides is 3. The van der Waals surface area contributed by atoms with E-state index in [1.54, 1.807) is 18.2 Å². The number of benzene rings is 3. The minimum atomic E-state index is -0.368. The first-order valence-electron chi connectivity index (χ1n) is 13.1. The molecule has 3 heterocycles. The number of carbonyl (C=O) groups excluding carboxylic acids is 3. The molecule has 0 aliphatic carbocycles. The van der Waals surface area contributed by atoms with Crippen LogP contribution in [-0.2, 0) is 13.0 Å². The van der Waals surface area contributed by atoms with Crippen LogP contribution in [0.15, 0.2) is 60.7 Å². The largest absolute Gasteiger partial charge is 0.339 e. The summed E-state index contributed by atoms with van der Waals surface area (Å²) in [7, 11) is 0. The van der Waals surface area contributed by atoms with Gasteiger partial charge >= 0.3 is 0 Å². The second kappa shape index (κ2) is 9.27. The Morgan fingerprint density at radius 1 is 0.811 bits per heavy atom. The number of hydrogen-bond donors (Lipinski definition) is 0. The number of aryl methyl sites for hydroxylation is 2. The Labute approximate surface area is 217 Å². The monoisotopic (exact) mass is 493 g/mol. The highest BCUT2D eigenvalue weighted by Crippen LogP contribution is 2.32. The SMILES string of the molecule is Cc1ccc(C)c(N2C(=O)c3ccc(C(=O)N4CCC(N5CCc6ccccc6C5)CC4)cc3C2=O)c1. The quantitative estimate of drug-likeness (QED) is 0.494. The molecule has 37 heavy (non-hydrogen) atoms. The summed E-state index contributed by atoms with van der Waals surface area (Å²) in [6.45, 7) is 7.26. The molecule has 6 heteroatoms. The van der Waals surface area contributed by atoms with Gasteiger partial charge in [0.1, 0.15) is 0 Å². The number of likely N-dealkylation sites (tertiary alicyclic amines) is 1. The minimum absolute atomic E-state index is 0.0734. The zero-order chi connectivity index (χ0) is 25.7. The van der Waals surface area contributed by atoms with E-state index in [9.17, 15) is 14.4 Å². The van der Waals surface area contributed by atoms with E-state index in [0.29, 0.717) is 41.5 Å². The van der Waals surface area contributed by atoms with Crippen LogP contribution in [0.4, 0.5) is 5.69 Å². The van der Waals surface area contributed by atoms with Crippen molar-refractivity contribution in [3.8, 4) is 0 Å². The van der Waals surface area contributed by atoms with Crippen LogP contribution in [0.2, 0.25) is 0 Å². The fourth-order valence-corrected chi connectivity index (χ4v) is 6.00. The first kappa shape index (κ1) is 23.6. The molecule has 0 N–H and O–H groups in total. The van der Waals surface area contributed by atoms with Crippen LogP contribution >= 0.6 is 0 Å². The van der Waals surface area contributed by atoms with Crippen molar-refractivity contribution in [1.29, 1.82) is 0 Å². The molecule has 6 nitrogen and oxygen atoms in total. The Bertz CT molecular complexity index is 1420. The predicted molar refractivity (Wildman–Crippen MR) is 143 cm³/mol. The molecular weight excluding hydrogens is 462 g/mol. The van der Waals surface area contributed by atoms with Gasteiger partial charge in [0.05, 0.1) is 16.8 Å². The van der Waals surface area contributed by atoms with Crippen molar-refractivity contribution >= 4 is 23.4 Å². The van der Waals surface area contributed by atoms with Crippen LogP contribution in [0.25, 0.3) is 0 Å². The normalized spacial score (nSPS) is 18.2. The van der Waals surface area contributed by atoms with Crippen molar-refractivity contribution < 1.29 is 14.4 Å². The molecule has 1 fully saturated rings. The molecule has 3 aromatic carbocycles. The van der Waals surface area contributed by atoms with Gasteiger partial charge in [-0.1, -0.05) is 36.4 Å². The van der Waals surface area contributed by atoms with Gasteiger partial charge < -0.3 is 4.90 Å². The molecule has 0 saturated carbocycles. The average Bonchev–Trinajstić information content (AvgIpc) is 3.18. The van der Waals surface area contributed by atoms with Gasteiger partial charge in [-0.05, 0) is 79.6 Å². The Morgan fingerprint density at radius 2 is 1.54 bits per heavy atom. The summed E-state index contributed by atoms with van der Waals surface area (Å²) in [5, 5.41) is 0. The van der Waals surface area contributed by atoms with Crippen LogP contribution in [-0.4, -0.2) is 53.2 Å². The molecule has 0 radical (unpaired) electrons. The molecule has 0 atom stereocenters. The zero-order valence-corrected chi connectivity index (χ0v) is 21.4. The summed E-state index contributed by atoms with van der Waals surface area (Å²) in [6.07, 6.45) is 2.96. The van der Waals surface area contributed by atoms with E-state index in [4.69, 9.17) is 0 Å². The number of hydrogen-bond acceptors (Lipinski definition) is 4. The molecule has 0 unspecified atom stereocenters. The summed E-state index contributed by atoms with van der Waals surface area (Å²) in [4.78, 5) is 45.5. The lowest BCUT2D eigenvalue weighted by Gasteiger charge is -2.40. The van der Waals surface area contributed by atoms with Gasteiger partial charge in [0.15, 0.2) is 0 Å². The van der Waals surface area contributed by atoms with Gasteiger partial charge in [-0.25, -0.2) is 4.90 Å². The standard InChI is InChI=1S/C31H31N3O3/c1-20-7-8-21(2)28(17-20)34-30(36)26-10-9-23(18-27(26)31(34)37)29(35)32-15-12-25(13-16-32)33-14-11-22-5-3-4-6-24(22)19-33/h3-10,17-18,25H,11-16,19H2,1-2H3. The first-order valence-corrected chi connectivity index (χ1v) is 13.1. The molecule has 3 aliphatic rings. The van der Waals surface area contributed by atoms with Gasteiger partial charge in [0, 0.05) is 37.8 Å². The highest BCUT2D eigenvalue weighted by atomic mass is 16.2. The molecule has 0 spiro atoms. The summed E-state index contributed by atoms with van der Waals surface area (Å²) < 4.78 is 0. The van der Waals surface area contributed by atoms with E-state index in [-0.39, 0.29) is 17.7 Å². The number of nitrogens with zero attached hydrogens (tertiary/aromatic N) is 3. The van der Waals surface area contributed by atoms with E-state index in [1.807, 2.05) is 36.9 Å². The van der Waals surface area contributed by atoms with Crippen molar-refractivity contribution in [3.05, 3.63) is 99.6 Å². The summed E-state index contributed by atoms with van der Waals surface area (Å²) >= 11 is 0. The maximum absolute atomic E-state index is 13.4. The Kier molecular flexibility index (Phi) is 5.92. The van der Waals surface area contributed by atoms with Crippen LogP contribution < -0.4 is 4.90 Å². The molecule has 3 aromatic rings. The molecular formula is C31H31N3O3. The van der Waals surface area contributed by atoms with Crippen LogP contribution in [0.1, 0.15) is 66.2 Å². The molecule has 0 aromatic heterocycles. The topological polar surface area (TPSA) is 60.9 Å². The number of piperidine rings is 1. The molecule has 3 aliphatic heterocycles. The maximum atomic E-state index is 13.4. The van der Waals surface area contributed by atoms with Crippen molar-refractivity contribution in [2.24, 2.45) is 0 Å². The third-order valence-electron chi connectivity index (χ3n) is 8.17. The molecule has 1 saturated heterocycles. The third-order valence-corrected chi connectivity index (χ3v) is 8.17. The van der Waals surface area contributed by atoms with Gasteiger partial charge in [-0.15, -0.1) is 0 Å². The predicted octanol–water partition coefficient (Wildman–Crippen LogP) is 4.77. The second-order valence-electron chi connectivity index (χ2n) is 10.5. The van der Waals surface area contributed by atoms with E-state index in [2.05, 4.69) is 29.2 Å². The second-order valence-corrected chi connectivity index (χ2v) is 10.5. The molecule has 0 bridgehead atoms. The van der Waals surface area contributed by atoms with Crippen LogP contribution in [0.5, 0.6) is 0 Å². The summed E-state index contributed by atoms with van der Waals surface area (Å²) in [5.41, 5.74) is 6.42. The van der Waals surface area contributed by atoms with Crippen molar-refractivity contribution in [2.75, 3.05) is 24.5 Å². The van der Waals surface area contributed by atoms with E-state index < -0.39 is 0 Å². The smallest absolute Gasteiger partial charge is 0.266 e. The number of carbonyl (C=O) groups is 3. The number of fused-ring (bicyclic) bond motifs is 2. The third kappa shape index (κ3) is 4.15. The van der Waals surface area contributed by atoms with Crippen molar-refractivity contribution in [2.45, 2.75) is 45.7 Å². The minimum Gasteiger partial charge on any atom is -0.339 e. The van der Waals surface area contributed by atoms with E-state index in [0.717, 1.165) is 43.5 Å². The Balaban J connectivity index is 1.15. The van der Waals surface area contributed by atoms with Gasteiger partial charge in [-0.3, -0.25) is 19.3 Å². The average molecular weight is 494 g/mol. The number of imide groups is 1. The van der Waals surface area contributed by atoms with Crippen molar-refractivity contribution in [3.63, 3.8) is 0 Å². The summed E-state index contributed by atoms with van der Waals surface area (Å²) in [6, 6.07) is 19.8. The number of rotatable bonds is 3. The lowest BCUT2D eigenvalue weighted by molar-refractivity contribution is 0.0599. The maximum Gasteiger partial charge on any atom is 0.266 e. The first-order chi connectivity index (χ1) is 17.9. The molecule has 188 valence electrons. The molecule has 3 amide bonds. The number of anilines is 1. The highest BCUT2D eigenvalue weighted by Gasteiger charge is 2.38. The van der Waals surface area contributed by atoms with Crippen LogP contribution in [0, 0.1) is 13.8 Å². The fraction of sp³-hybridized carbons (Fsp3) is 0.323.